The van der Waals surface area contributed by atoms with E-state index in [1.165, 1.54) is 11.1 Å². The average molecular weight is 768 g/mol. The molecule has 0 radical (unpaired) electrons. The normalized spacial score (nSPS) is 14.0. The van der Waals surface area contributed by atoms with E-state index in [0.717, 1.165) is 94.3 Å². The zero-order chi connectivity index (χ0) is 41.2. The van der Waals surface area contributed by atoms with Crippen molar-refractivity contribution in [1.82, 2.24) is 25.6 Å². The SMILES string of the molecule is Cc1ccc2c(C)ccc(C(C)NC(C)c3c4[nH]c5c(C(C)NC(C)c6ccc(C)c7ccc(C)nc67)c(O)c(C)cc5c(-c5ccccc5C)c-4ccc3=O)c2n1. The van der Waals surface area contributed by atoms with E-state index in [1.807, 2.05) is 26.8 Å². The number of nitrogens with one attached hydrogen (secondary N) is 3. The number of phenols is 1. The molecule has 0 amide bonds. The Bertz CT molecular complexity index is 2930. The van der Waals surface area contributed by atoms with E-state index < -0.39 is 0 Å². The van der Waals surface area contributed by atoms with Gasteiger partial charge in [-0.2, -0.15) is 0 Å². The predicted octanol–water partition coefficient (Wildman–Crippen LogP) is 11.8. The van der Waals surface area contributed by atoms with Gasteiger partial charge in [0, 0.05) is 74.0 Å². The number of fused-ring (bicyclic) bond motifs is 4. The third-order valence-corrected chi connectivity index (χ3v) is 12.2. The lowest BCUT2D eigenvalue weighted by Crippen LogP contribution is -2.28. The van der Waals surface area contributed by atoms with Crippen molar-refractivity contribution >= 4 is 32.7 Å². The summed E-state index contributed by atoms with van der Waals surface area (Å²) < 4.78 is 0. The molecule has 7 heteroatoms. The van der Waals surface area contributed by atoms with Gasteiger partial charge in [0.2, 0.25) is 0 Å². The van der Waals surface area contributed by atoms with Crippen molar-refractivity contribution in [3.05, 3.63) is 157 Å². The fraction of sp³-hybridized carbons (Fsp3) is 0.275. The van der Waals surface area contributed by atoms with Crippen molar-refractivity contribution in [2.75, 3.05) is 0 Å². The Labute approximate surface area is 341 Å². The molecule has 0 bridgehead atoms. The zero-order valence-corrected chi connectivity index (χ0v) is 35.2. The fourth-order valence-electron chi connectivity index (χ4n) is 9.13. The van der Waals surface area contributed by atoms with Crippen molar-refractivity contribution in [3.8, 4) is 28.1 Å². The smallest absolute Gasteiger partial charge is 0.185 e. The number of hydrogen-bond acceptors (Lipinski definition) is 6. The van der Waals surface area contributed by atoms with Gasteiger partial charge in [0.15, 0.2) is 5.43 Å². The van der Waals surface area contributed by atoms with Crippen LogP contribution in [0.4, 0.5) is 0 Å². The van der Waals surface area contributed by atoms with Crippen molar-refractivity contribution < 1.29 is 5.11 Å². The number of aromatic nitrogens is 3. The standard InChI is InChI=1S/C51H53N5O2/c1-26-13-11-12-14-36(26)46-41-23-24-43(57)44(34(9)54-32(7)39-19-15-27(2)37-21-17-30(5)52-47(37)39)49(41)56-50-42(46)25-29(4)51(58)45(50)35(10)55-33(8)40-20-16-28(3)38-22-18-31(6)53-48(38)40/h11-25,32-35,54-56,58H,1-10H3. The summed E-state index contributed by atoms with van der Waals surface area (Å²) in [7, 11) is 0. The summed E-state index contributed by atoms with van der Waals surface area (Å²) in [6, 6.07) is 30.3. The molecule has 6 aromatic rings. The van der Waals surface area contributed by atoms with Crippen LogP contribution >= 0.6 is 0 Å². The van der Waals surface area contributed by atoms with E-state index in [1.54, 1.807) is 6.07 Å². The molecule has 0 fully saturated rings. The second-order valence-electron chi connectivity index (χ2n) is 16.5. The van der Waals surface area contributed by atoms with Crippen LogP contribution in [0.3, 0.4) is 0 Å². The molecule has 0 saturated heterocycles. The third kappa shape index (κ3) is 6.72. The quantitative estimate of drug-likeness (QED) is 0.109. The second-order valence-corrected chi connectivity index (χ2v) is 16.5. The minimum absolute atomic E-state index is 0.0551. The van der Waals surface area contributed by atoms with E-state index in [4.69, 9.17) is 9.97 Å². The number of aryl methyl sites for hydroxylation is 6. The molecule has 4 unspecified atom stereocenters. The van der Waals surface area contributed by atoms with E-state index >= 15 is 0 Å². The number of rotatable bonds is 9. The van der Waals surface area contributed by atoms with Gasteiger partial charge in [-0.3, -0.25) is 14.8 Å². The maximum atomic E-state index is 14.2. The second kappa shape index (κ2) is 15.1. The number of pyridine rings is 3. The molecular weight excluding hydrogens is 715 g/mol. The Morgan fingerprint density at radius 3 is 1.67 bits per heavy atom. The number of aromatic hydroxyl groups is 1. The van der Waals surface area contributed by atoms with E-state index in [9.17, 15) is 9.90 Å². The minimum Gasteiger partial charge on any atom is -0.507 e. The van der Waals surface area contributed by atoms with Crippen molar-refractivity contribution in [2.24, 2.45) is 0 Å². The van der Waals surface area contributed by atoms with Crippen LogP contribution in [0, 0.1) is 41.5 Å². The summed E-state index contributed by atoms with van der Waals surface area (Å²) in [6.45, 7) is 20.8. The molecule has 3 heterocycles. The number of hydrogen-bond donors (Lipinski definition) is 4. The lowest BCUT2D eigenvalue weighted by molar-refractivity contribution is 0.438. The van der Waals surface area contributed by atoms with Crippen LogP contribution in [0.1, 0.15) is 108 Å². The molecule has 7 nitrogen and oxygen atoms in total. The number of aromatic amines is 1. The summed E-state index contributed by atoms with van der Waals surface area (Å²) in [6.07, 6.45) is 0. The van der Waals surface area contributed by atoms with E-state index in [2.05, 4.69) is 143 Å². The molecule has 58 heavy (non-hydrogen) atoms. The van der Waals surface area contributed by atoms with E-state index in [-0.39, 0.29) is 35.3 Å². The molecule has 1 aliphatic heterocycles. The van der Waals surface area contributed by atoms with Crippen LogP contribution in [0.15, 0.2) is 95.8 Å². The Balaban J connectivity index is 1.30. The van der Waals surface area contributed by atoms with Gasteiger partial charge < -0.3 is 20.7 Å². The first-order valence-corrected chi connectivity index (χ1v) is 20.4. The zero-order valence-electron chi connectivity index (χ0n) is 35.2. The molecule has 294 valence electrons. The van der Waals surface area contributed by atoms with Gasteiger partial charge in [-0.1, -0.05) is 60.7 Å². The van der Waals surface area contributed by atoms with E-state index in [0.29, 0.717) is 5.56 Å². The van der Waals surface area contributed by atoms with Crippen molar-refractivity contribution in [2.45, 2.75) is 93.4 Å². The maximum absolute atomic E-state index is 14.2. The number of H-pyrrole nitrogens is 1. The first-order valence-electron chi connectivity index (χ1n) is 20.4. The molecule has 8 rings (SSSR count). The molecular formula is C51H53N5O2. The summed E-state index contributed by atoms with van der Waals surface area (Å²) in [4.78, 5) is 27.9. The molecule has 4 N–H and O–H groups in total. The van der Waals surface area contributed by atoms with Gasteiger partial charge in [-0.15, -0.1) is 0 Å². The van der Waals surface area contributed by atoms with Crippen LogP contribution in [-0.2, 0) is 0 Å². The molecule has 2 aliphatic rings. The largest absolute Gasteiger partial charge is 0.507 e. The topological polar surface area (TPSA) is 103 Å². The van der Waals surface area contributed by atoms with Gasteiger partial charge in [0.05, 0.1) is 22.2 Å². The lowest BCUT2D eigenvalue weighted by Gasteiger charge is -2.28. The summed E-state index contributed by atoms with van der Waals surface area (Å²) in [5.41, 5.74) is 16.3. The predicted molar refractivity (Wildman–Crippen MR) is 240 cm³/mol. The highest BCUT2D eigenvalue weighted by molar-refractivity contribution is 6.06. The molecule has 4 aromatic carbocycles. The molecule has 1 aliphatic carbocycles. The Kier molecular flexibility index (Phi) is 10.2. The fourth-order valence-corrected chi connectivity index (χ4v) is 9.13. The van der Waals surface area contributed by atoms with Crippen LogP contribution in [0.25, 0.3) is 55.1 Å². The van der Waals surface area contributed by atoms with Gasteiger partial charge in [-0.05, 0) is 139 Å². The summed E-state index contributed by atoms with van der Waals surface area (Å²) in [5, 5.41) is 22.9. The van der Waals surface area contributed by atoms with Gasteiger partial charge in [-0.25, -0.2) is 0 Å². The molecule has 0 saturated carbocycles. The number of phenolic OH excluding ortho intramolecular Hbond substituents is 1. The molecule has 0 spiro atoms. The Morgan fingerprint density at radius 2 is 1.10 bits per heavy atom. The molecule has 4 atom stereocenters. The van der Waals surface area contributed by atoms with Gasteiger partial charge >= 0.3 is 0 Å². The lowest BCUT2D eigenvalue weighted by atomic mass is 9.85. The van der Waals surface area contributed by atoms with Crippen LogP contribution in [-0.4, -0.2) is 20.1 Å². The van der Waals surface area contributed by atoms with Crippen molar-refractivity contribution in [1.29, 1.82) is 0 Å². The number of benzene rings is 5. The highest BCUT2D eigenvalue weighted by Gasteiger charge is 2.29. The minimum atomic E-state index is -0.338. The first kappa shape index (κ1) is 39.0. The number of nitrogens with zero attached hydrogens (tertiary/aromatic N) is 2. The summed E-state index contributed by atoms with van der Waals surface area (Å²) >= 11 is 0. The maximum Gasteiger partial charge on any atom is 0.185 e. The summed E-state index contributed by atoms with van der Waals surface area (Å²) in [5.74, 6) is 0.224. The Morgan fingerprint density at radius 1 is 0.552 bits per heavy atom. The van der Waals surface area contributed by atoms with Gasteiger partial charge in [0.1, 0.15) is 5.75 Å². The monoisotopic (exact) mass is 767 g/mol. The van der Waals surface area contributed by atoms with Crippen LogP contribution < -0.4 is 16.1 Å². The van der Waals surface area contributed by atoms with Crippen LogP contribution in [0.2, 0.25) is 0 Å². The molecule has 2 aromatic heterocycles. The highest BCUT2D eigenvalue weighted by Crippen LogP contribution is 2.46. The average Bonchev–Trinajstić information content (AvgIpc) is 3.18. The Hall–Kier alpha value is -5.89. The third-order valence-electron chi connectivity index (χ3n) is 12.2. The van der Waals surface area contributed by atoms with Crippen molar-refractivity contribution in [3.63, 3.8) is 0 Å². The highest BCUT2D eigenvalue weighted by atomic mass is 16.3. The van der Waals surface area contributed by atoms with Crippen LogP contribution in [0.5, 0.6) is 5.75 Å². The first-order chi connectivity index (χ1) is 27.7. The van der Waals surface area contributed by atoms with Gasteiger partial charge in [0.25, 0.3) is 0 Å².